The molecule has 3 saturated heterocycles. The SMILES string of the molecule is Cn1c(=O)n(C2CCC(=O)NC2=O)c2ccc(F)c(CCCN3CCN(c4ccc(-c5ccc(F)c6[nH]c(C(=O)N7CCC7)cc56)cc4)CC3)c21. The van der Waals surface area contributed by atoms with Gasteiger partial charge in [0.2, 0.25) is 11.8 Å². The van der Waals surface area contributed by atoms with Gasteiger partial charge in [0.1, 0.15) is 23.4 Å². The lowest BCUT2D eigenvalue weighted by Crippen LogP contribution is -2.46. The van der Waals surface area contributed by atoms with Crippen molar-refractivity contribution in [2.45, 2.75) is 38.1 Å². The molecule has 0 spiro atoms. The number of hydrogen-bond donors (Lipinski definition) is 2. The molecule has 51 heavy (non-hydrogen) atoms. The standard InChI is InChI=1S/C38H39F2N7O4/c1-43-35-26(28(39)11-12-31(35)47(38(43)51)32-13-14-33(48)42-36(32)49)4-2-15-44-18-20-45(21-19-44)24-7-5-23(6-8-24)25-9-10-29(40)34-27(25)22-30(41-34)37(50)46-16-3-17-46/h5-12,22,32,41H,2-4,13-21H2,1H3,(H,42,48,49). The summed E-state index contributed by atoms with van der Waals surface area (Å²) in [6.07, 6.45) is 2.48. The van der Waals surface area contributed by atoms with E-state index in [-0.39, 0.29) is 36.3 Å². The molecule has 5 heterocycles. The molecule has 11 nitrogen and oxygen atoms in total. The highest BCUT2D eigenvalue weighted by Crippen LogP contribution is 2.33. The van der Waals surface area contributed by atoms with Gasteiger partial charge in [-0.05, 0) is 79.8 Å². The van der Waals surface area contributed by atoms with Crippen LogP contribution < -0.4 is 15.9 Å². The van der Waals surface area contributed by atoms with E-state index in [2.05, 4.69) is 32.2 Å². The smallest absolute Gasteiger partial charge is 0.329 e. The first-order chi connectivity index (χ1) is 24.7. The van der Waals surface area contributed by atoms with Crippen molar-refractivity contribution in [1.29, 1.82) is 0 Å². The van der Waals surface area contributed by atoms with E-state index in [4.69, 9.17) is 0 Å². The van der Waals surface area contributed by atoms with E-state index < -0.39 is 17.6 Å². The summed E-state index contributed by atoms with van der Waals surface area (Å²) in [5, 5.41) is 3.00. The molecule has 3 aromatic carbocycles. The van der Waals surface area contributed by atoms with Gasteiger partial charge in [-0.25, -0.2) is 13.6 Å². The predicted molar refractivity (Wildman–Crippen MR) is 190 cm³/mol. The molecule has 0 radical (unpaired) electrons. The number of carbonyl (C=O) groups excluding carboxylic acids is 3. The minimum absolute atomic E-state index is 0.101. The van der Waals surface area contributed by atoms with Crippen LogP contribution in [0.25, 0.3) is 33.1 Å². The Morgan fingerprint density at radius 3 is 2.35 bits per heavy atom. The summed E-state index contributed by atoms with van der Waals surface area (Å²) >= 11 is 0. The Morgan fingerprint density at radius 1 is 0.902 bits per heavy atom. The van der Waals surface area contributed by atoms with Crippen LogP contribution in [0.3, 0.4) is 0 Å². The zero-order chi connectivity index (χ0) is 35.4. The summed E-state index contributed by atoms with van der Waals surface area (Å²) in [6, 6.07) is 15.3. The van der Waals surface area contributed by atoms with Gasteiger partial charge < -0.3 is 14.8 Å². The highest BCUT2D eigenvalue weighted by atomic mass is 19.1. The lowest BCUT2D eigenvalue weighted by atomic mass is 10.0. The molecule has 3 aliphatic rings. The van der Waals surface area contributed by atoms with Crippen LogP contribution in [0.2, 0.25) is 0 Å². The number of halogens is 2. The van der Waals surface area contributed by atoms with Gasteiger partial charge >= 0.3 is 5.69 Å². The van der Waals surface area contributed by atoms with E-state index in [1.165, 1.54) is 21.3 Å². The van der Waals surface area contributed by atoms with E-state index in [1.807, 2.05) is 12.1 Å². The van der Waals surface area contributed by atoms with Crippen molar-refractivity contribution in [2.75, 3.05) is 50.7 Å². The summed E-state index contributed by atoms with van der Waals surface area (Å²) in [4.78, 5) is 59.8. The van der Waals surface area contributed by atoms with Crippen molar-refractivity contribution >= 4 is 45.3 Å². The van der Waals surface area contributed by atoms with Crippen LogP contribution in [0.5, 0.6) is 0 Å². The van der Waals surface area contributed by atoms with Gasteiger partial charge in [0, 0.05) is 69.4 Å². The molecule has 3 aliphatic heterocycles. The predicted octanol–water partition coefficient (Wildman–Crippen LogP) is 4.34. The van der Waals surface area contributed by atoms with Crippen LogP contribution in [-0.4, -0.2) is 87.5 Å². The molecule has 13 heteroatoms. The molecule has 264 valence electrons. The normalized spacial score (nSPS) is 18.5. The third-order valence-electron chi connectivity index (χ3n) is 10.7. The number of nitrogens with zero attached hydrogens (tertiary/aromatic N) is 5. The van der Waals surface area contributed by atoms with Gasteiger partial charge in [0.15, 0.2) is 0 Å². The van der Waals surface area contributed by atoms with E-state index in [9.17, 15) is 23.6 Å². The number of likely N-dealkylation sites (tertiary alicyclic amines) is 1. The molecule has 3 amide bonds. The van der Waals surface area contributed by atoms with Gasteiger partial charge in [-0.1, -0.05) is 18.2 Å². The van der Waals surface area contributed by atoms with Crippen molar-refractivity contribution in [3.63, 3.8) is 0 Å². The van der Waals surface area contributed by atoms with Crippen molar-refractivity contribution in [3.05, 3.63) is 88.0 Å². The maximum Gasteiger partial charge on any atom is 0.329 e. The van der Waals surface area contributed by atoms with Crippen LogP contribution in [0, 0.1) is 11.6 Å². The fourth-order valence-corrected chi connectivity index (χ4v) is 7.80. The summed E-state index contributed by atoms with van der Waals surface area (Å²) in [6.45, 7) is 5.56. The first kappa shape index (κ1) is 32.9. The number of amides is 3. The molecule has 2 N–H and O–H groups in total. The minimum atomic E-state index is -0.817. The molecule has 5 aromatic rings. The number of aromatic nitrogens is 3. The number of piperidine rings is 1. The Balaban J connectivity index is 0.905. The van der Waals surface area contributed by atoms with Crippen molar-refractivity contribution in [3.8, 4) is 11.1 Å². The van der Waals surface area contributed by atoms with E-state index in [0.29, 0.717) is 46.0 Å². The molecule has 8 rings (SSSR count). The average molecular weight is 696 g/mol. The molecule has 1 unspecified atom stereocenters. The second kappa shape index (κ2) is 13.1. The monoisotopic (exact) mass is 695 g/mol. The Labute approximate surface area is 292 Å². The summed E-state index contributed by atoms with van der Waals surface area (Å²) in [7, 11) is 1.59. The molecule has 0 bridgehead atoms. The summed E-state index contributed by atoms with van der Waals surface area (Å²) < 4.78 is 32.8. The summed E-state index contributed by atoms with van der Waals surface area (Å²) in [5.74, 6) is -1.75. The second-order valence-electron chi connectivity index (χ2n) is 13.8. The third kappa shape index (κ3) is 5.88. The molecular weight excluding hydrogens is 656 g/mol. The second-order valence-corrected chi connectivity index (χ2v) is 13.8. The van der Waals surface area contributed by atoms with Gasteiger partial charge in [-0.15, -0.1) is 0 Å². The van der Waals surface area contributed by atoms with Gasteiger partial charge in [-0.2, -0.15) is 0 Å². The quantitative estimate of drug-likeness (QED) is 0.234. The number of aromatic amines is 1. The Morgan fingerprint density at radius 2 is 1.65 bits per heavy atom. The highest BCUT2D eigenvalue weighted by molar-refractivity contribution is 6.03. The number of anilines is 1. The Bertz CT molecular complexity index is 2240. The molecular formula is C38H39F2N7O4. The first-order valence-electron chi connectivity index (χ1n) is 17.6. The topological polar surface area (TPSA) is 116 Å². The minimum Gasteiger partial charge on any atom is -0.369 e. The van der Waals surface area contributed by atoms with E-state index >= 15 is 4.39 Å². The van der Waals surface area contributed by atoms with Gasteiger partial charge in [-0.3, -0.25) is 33.7 Å². The number of H-pyrrole nitrogens is 1. The maximum atomic E-state index is 15.2. The van der Waals surface area contributed by atoms with Crippen molar-refractivity contribution in [1.82, 2.24) is 29.2 Å². The van der Waals surface area contributed by atoms with E-state index in [1.54, 1.807) is 30.1 Å². The fraction of sp³-hybridized carbons (Fsp3) is 0.368. The molecule has 2 aromatic heterocycles. The number of imide groups is 1. The van der Waals surface area contributed by atoms with Crippen LogP contribution in [-0.2, 0) is 23.1 Å². The molecule has 3 fully saturated rings. The number of rotatable bonds is 8. The van der Waals surface area contributed by atoms with Crippen LogP contribution >= 0.6 is 0 Å². The van der Waals surface area contributed by atoms with Crippen LogP contribution in [0.4, 0.5) is 14.5 Å². The Kier molecular flexibility index (Phi) is 8.45. The lowest BCUT2D eigenvalue weighted by Gasteiger charge is -2.36. The third-order valence-corrected chi connectivity index (χ3v) is 10.7. The number of hydrogen-bond acceptors (Lipinski definition) is 6. The number of benzene rings is 3. The number of fused-ring (bicyclic) bond motifs is 2. The van der Waals surface area contributed by atoms with Crippen LogP contribution in [0.15, 0.2) is 59.4 Å². The zero-order valence-corrected chi connectivity index (χ0v) is 28.4. The van der Waals surface area contributed by atoms with Gasteiger partial charge in [0.25, 0.3) is 5.91 Å². The fourth-order valence-electron chi connectivity index (χ4n) is 7.80. The van der Waals surface area contributed by atoms with E-state index in [0.717, 1.165) is 69.0 Å². The molecule has 1 atom stereocenters. The zero-order valence-electron chi connectivity index (χ0n) is 28.4. The summed E-state index contributed by atoms with van der Waals surface area (Å²) in [5.41, 5.74) is 4.66. The number of piperazine rings is 1. The Hall–Kier alpha value is -5.30. The molecule has 0 saturated carbocycles. The lowest BCUT2D eigenvalue weighted by molar-refractivity contribution is -0.135. The number of imidazole rings is 1. The van der Waals surface area contributed by atoms with Crippen molar-refractivity contribution < 1.29 is 23.2 Å². The van der Waals surface area contributed by atoms with Crippen molar-refractivity contribution in [2.24, 2.45) is 7.05 Å². The highest BCUT2D eigenvalue weighted by Gasteiger charge is 2.32. The number of nitrogens with one attached hydrogen (secondary N) is 2. The first-order valence-corrected chi connectivity index (χ1v) is 17.6. The molecule has 0 aliphatic carbocycles. The van der Waals surface area contributed by atoms with Gasteiger partial charge in [0.05, 0.1) is 16.6 Å². The van der Waals surface area contributed by atoms with Crippen LogP contribution in [0.1, 0.15) is 47.8 Å². The average Bonchev–Trinajstić information content (AvgIpc) is 3.66. The number of aryl methyl sites for hydroxylation is 2. The number of carbonyl (C=O) groups is 3. The maximum absolute atomic E-state index is 15.2. The largest absolute Gasteiger partial charge is 0.369 e.